The number of anilines is 1. The van der Waals surface area contributed by atoms with Crippen LogP contribution in [0.3, 0.4) is 0 Å². The van der Waals surface area contributed by atoms with Crippen LogP contribution in [-0.2, 0) is 0 Å². The summed E-state index contributed by atoms with van der Waals surface area (Å²) in [6, 6.07) is 4.18. The van der Waals surface area contributed by atoms with Crippen molar-refractivity contribution in [2.75, 3.05) is 5.32 Å². The van der Waals surface area contributed by atoms with E-state index in [4.69, 9.17) is 0 Å². The molecule has 1 unspecified atom stereocenters. The predicted octanol–water partition coefficient (Wildman–Crippen LogP) is 2.66. The first kappa shape index (κ1) is 11.5. The van der Waals surface area contributed by atoms with Gasteiger partial charge >= 0.3 is 0 Å². The first-order valence-electron chi connectivity index (χ1n) is 5.63. The van der Waals surface area contributed by atoms with Crippen molar-refractivity contribution in [3.05, 3.63) is 47.7 Å². The molecule has 0 fully saturated rings. The number of hydrogen-bond acceptors (Lipinski definition) is 4. The number of pyridine rings is 1. The van der Waals surface area contributed by atoms with E-state index in [0.717, 1.165) is 17.2 Å². The van der Waals surface area contributed by atoms with Crippen LogP contribution in [0.2, 0.25) is 0 Å². The van der Waals surface area contributed by atoms with Gasteiger partial charge in [0.25, 0.3) is 0 Å². The van der Waals surface area contributed by atoms with Crippen molar-refractivity contribution in [1.29, 1.82) is 0 Å². The second kappa shape index (κ2) is 4.91. The van der Waals surface area contributed by atoms with E-state index < -0.39 is 0 Å². The Morgan fingerprint density at radius 1 is 1.18 bits per heavy atom. The normalized spacial score (nSPS) is 12.2. The molecule has 4 heteroatoms. The lowest BCUT2D eigenvalue weighted by Crippen LogP contribution is -2.10. The summed E-state index contributed by atoms with van der Waals surface area (Å²) in [5.41, 5.74) is 3.01. The van der Waals surface area contributed by atoms with Gasteiger partial charge < -0.3 is 5.32 Å². The molecule has 0 radical (unpaired) electrons. The van der Waals surface area contributed by atoms with Gasteiger partial charge in [-0.25, -0.2) is 4.98 Å². The highest BCUT2D eigenvalue weighted by Crippen LogP contribution is 2.18. The first-order valence-corrected chi connectivity index (χ1v) is 5.63. The summed E-state index contributed by atoms with van der Waals surface area (Å²) in [7, 11) is 0. The highest BCUT2D eigenvalue weighted by atomic mass is 15.0. The van der Waals surface area contributed by atoms with Gasteiger partial charge in [0.05, 0.1) is 17.4 Å². The van der Waals surface area contributed by atoms with Crippen molar-refractivity contribution in [2.24, 2.45) is 0 Å². The second-order valence-electron chi connectivity index (χ2n) is 4.09. The lowest BCUT2D eigenvalue weighted by molar-refractivity contribution is 0.859. The molecule has 0 aromatic carbocycles. The molecular weight excluding hydrogens is 212 g/mol. The minimum absolute atomic E-state index is 0.188. The number of nitrogens with zero attached hydrogens (tertiary/aromatic N) is 3. The summed E-state index contributed by atoms with van der Waals surface area (Å²) in [4.78, 5) is 12.7. The Kier molecular flexibility index (Phi) is 3.32. The zero-order valence-corrected chi connectivity index (χ0v) is 10.3. The molecule has 2 aromatic rings. The molecule has 0 saturated heterocycles. The molecule has 2 rings (SSSR count). The van der Waals surface area contributed by atoms with Gasteiger partial charge in [-0.05, 0) is 38.5 Å². The summed E-state index contributed by atoms with van der Waals surface area (Å²) in [6.07, 6.45) is 5.36. The highest BCUT2D eigenvalue weighted by molar-refractivity contribution is 5.42. The molecule has 0 bridgehead atoms. The molecule has 2 heterocycles. The minimum Gasteiger partial charge on any atom is -0.362 e. The molecule has 0 amide bonds. The number of rotatable bonds is 3. The van der Waals surface area contributed by atoms with Crippen LogP contribution in [0.25, 0.3) is 0 Å². The summed E-state index contributed by atoms with van der Waals surface area (Å²) < 4.78 is 0. The molecule has 0 aliphatic heterocycles. The summed E-state index contributed by atoms with van der Waals surface area (Å²) in [5.74, 6) is 0.842. The maximum Gasteiger partial charge on any atom is 0.148 e. The van der Waals surface area contributed by atoms with Gasteiger partial charge in [-0.15, -0.1) is 0 Å². The molecule has 0 saturated carbocycles. The van der Waals surface area contributed by atoms with Crippen LogP contribution >= 0.6 is 0 Å². The lowest BCUT2D eigenvalue weighted by Gasteiger charge is -2.16. The number of nitrogens with one attached hydrogen (secondary N) is 1. The third kappa shape index (κ3) is 2.78. The molecule has 1 atom stereocenters. The monoisotopic (exact) mass is 228 g/mol. The predicted molar refractivity (Wildman–Crippen MR) is 67.8 cm³/mol. The molecule has 88 valence electrons. The van der Waals surface area contributed by atoms with E-state index in [2.05, 4.69) is 27.2 Å². The minimum atomic E-state index is 0.188. The van der Waals surface area contributed by atoms with Crippen LogP contribution < -0.4 is 5.32 Å². The zero-order chi connectivity index (χ0) is 12.3. The Morgan fingerprint density at radius 2 is 1.88 bits per heavy atom. The van der Waals surface area contributed by atoms with Gasteiger partial charge in [0.1, 0.15) is 5.82 Å². The van der Waals surface area contributed by atoms with Gasteiger partial charge in [-0.2, -0.15) is 0 Å². The van der Waals surface area contributed by atoms with Crippen LogP contribution in [0.5, 0.6) is 0 Å². The van der Waals surface area contributed by atoms with E-state index in [1.54, 1.807) is 18.6 Å². The lowest BCUT2D eigenvalue weighted by atomic mass is 10.1. The van der Waals surface area contributed by atoms with E-state index in [9.17, 15) is 0 Å². The molecule has 17 heavy (non-hydrogen) atoms. The summed E-state index contributed by atoms with van der Waals surface area (Å²) in [5, 5.41) is 3.37. The smallest absolute Gasteiger partial charge is 0.148 e. The molecule has 1 N–H and O–H groups in total. The Hall–Kier alpha value is -1.97. The van der Waals surface area contributed by atoms with Crippen molar-refractivity contribution < 1.29 is 0 Å². The Morgan fingerprint density at radius 3 is 2.59 bits per heavy atom. The van der Waals surface area contributed by atoms with E-state index in [1.807, 2.05) is 26.0 Å². The Balaban J connectivity index is 2.18. The highest BCUT2D eigenvalue weighted by Gasteiger charge is 2.08. The van der Waals surface area contributed by atoms with Crippen molar-refractivity contribution in [1.82, 2.24) is 15.0 Å². The Bertz CT molecular complexity index is 496. The third-order valence-electron chi connectivity index (χ3n) is 2.64. The molecule has 0 spiro atoms. The maximum atomic E-state index is 4.45. The van der Waals surface area contributed by atoms with Crippen molar-refractivity contribution in [3.8, 4) is 0 Å². The van der Waals surface area contributed by atoms with E-state index in [1.165, 1.54) is 5.56 Å². The number of aryl methyl sites for hydroxylation is 2. The number of hydrogen-bond donors (Lipinski definition) is 1. The van der Waals surface area contributed by atoms with E-state index in [-0.39, 0.29) is 6.04 Å². The van der Waals surface area contributed by atoms with Gasteiger partial charge in [0.2, 0.25) is 0 Å². The average molecular weight is 228 g/mol. The van der Waals surface area contributed by atoms with E-state index >= 15 is 0 Å². The van der Waals surface area contributed by atoms with Crippen molar-refractivity contribution in [2.45, 2.75) is 26.8 Å². The molecule has 4 nitrogen and oxygen atoms in total. The van der Waals surface area contributed by atoms with Gasteiger partial charge in [-0.1, -0.05) is 0 Å². The molecule has 0 aliphatic rings. The third-order valence-corrected chi connectivity index (χ3v) is 2.64. The SMILES string of the molecule is Cc1cnc(C)c(NC(C)c2ccncc2)n1. The standard InChI is InChI=1S/C13H16N4/c1-9-8-15-11(3)13(16-9)17-10(2)12-4-6-14-7-5-12/h4-8,10H,1-3H3,(H,16,17). The molecular formula is C13H16N4. The van der Waals surface area contributed by atoms with E-state index in [0.29, 0.717) is 0 Å². The maximum absolute atomic E-state index is 4.45. The van der Waals surface area contributed by atoms with Crippen molar-refractivity contribution >= 4 is 5.82 Å². The van der Waals surface area contributed by atoms with Crippen LogP contribution in [0.4, 0.5) is 5.82 Å². The Labute approximate surface area is 101 Å². The molecule has 0 aliphatic carbocycles. The topological polar surface area (TPSA) is 50.7 Å². The van der Waals surface area contributed by atoms with Gasteiger partial charge in [0.15, 0.2) is 0 Å². The first-order chi connectivity index (χ1) is 8.16. The molecule has 2 aromatic heterocycles. The summed E-state index contributed by atoms with van der Waals surface area (Å²) in [6.45, 7) is 5.99. The van der Waals surface area contributed by atoms with Crippen LogP contribution in [0.1, 0.15) is 29.9 Å². The average Bonchev–Trinajstić information content (AvgIpc) is 2.35. The van der Waals surface area contributed by atoms with Crippen LogP contribution in [-0.4, -0.2) is 15.0 Å². The number of aromatic nitrogens is 3. The largest absolute Gasteiger partial charge is 0.362 e. The van der Waals surface area contributed by atoms with Gasteiger partial charge in [-0.3, -0.25) is 9.97 Å². The second-order valence-corrected chi connectivity index (χ2v) is 4.09. The fraction of sp³-hybridized carbons (Fsp3) is 0.308. The summed E-state index contributed by atoms with van der Waals surface area (Å²) >= 11 is 0. The van der Waals surface area contributed by atoms with Crippen molar-refractivity contribution in [3.63, 3.8) is 0 Å². The quantitative estimate of drug-likeness (QED) is 0.877. The van der Waals surface area contributed by atoms with Crippen LogP contribution in [0.15, 0.2) is 30.7 Å². The van der Waals surface area contributed by atoms with Crippen LogP contribution in [0, 0.1) is 13.8 Å². The van der Waals surface area contributed by atoms with Gasteiger partial charge in [0, 0.05) is 18.6 Å². The fourth-order valence-corrected chi connectivity index (χ4v) is 1.61. The fourth-order valence-electron chi connectivity index (χ4n) is 1.61. The zero-order valence-electron chi connectivity index (χ0n) is 10.3.